The Morgan fingerprint density at radius 3 is 3.00 bits per heavy atom. The Kier molecular flexibility index (Phi) is 3.84. The van der Waals surface area contributed by atoms with Crippen molar-refractivity contribution in [3.8, 4) is 0 Å². The molecule has 0 N–H and O–H groups in total. The van der Waals surface area contributed by atoms with Crippen molar-refractivity contribution in [1.29, 1.82) is 0 Å². The number of likely N-dealkylation sites (tertiary alicyclic amines) is 1. The Bertz CT molecular complexity index is 851. The van der Waals surface area contributed by atoms with Crippen LogP contribution in [0.15, 0.2) is 47.5 Å². The van der Waals surface area contributed by atoms with Gasteiger partial charge >= 0.3 is 0 Å². The number of hydrogen-bond donors (Lipinski definition) is 0. The van der Waals surface area contributed by atoms with Gasteiger partial charge < -0.3 is 13.7 Å². The van der Waals surface area contributed by atoms with Gasteiger partial charge in [-0.05, 0) is 44.0 Å². The van der Waals surface area contributed by atoms with Gasteiger partial charge in [0.25, 0.3) is 5.91 Å². The van der Waals surface area contributed by atoms with E-state index in [0.29, 0.717) is 0 Å². The van der Waals surface area contributed by atoms with Crippen LogP contribution in [0.4, 0.5) is 0 Å². The molecule has 1 atom stereocenters. The van der Waals surface area contributed by atoms with Crippen molar-refractivity contribution in [2.45, 2.75) is 38.6 Å². The quantitative estimate of drug-likeness (QED) is 0.716. The lowest BCUT2D eigenvalue weighted by Crippen LogP contribution is -2.35. The van der Waals surface area contributed by atoms with Gasteiger partial charge in [-0.3, -0.25) is 4.79 Å². The van der Waals surface area contributed by atoms with Crippen molar-refractivity contribution in [2.75, 3.05) is 6.54 Å². The fourth-order valence-corrected chi connectivity index (χ4v) is 3.64. The second kappa shape index (κ2) is 6.15. The maximum atomic E-state index is 13.3. The molecule has 3 aromatic heterocycles. The van der Waals surface area contributed by atoms with Gasteiger partial charge in [-0.25, -0.2) is 4.98 Å². The number of hydrogen-bond acceptors (Lipinski definition) is 3. The van der Waals surface area contributed by atoms with Crippen molar-refractivity contribution in [2.24, 2.45) is 0 Å². The zero-order valence-corrected chi connectivity index (χ0v) is 13.8. The maximum Gasteiger partial charge on any atom is 0.256 e. The van der Waals surface area contributed by atoms with Crippen molar-refractivity contribution in [3.05, 3.63) is 60.1 Å². The van der Waals surface area contributed by atoms with Crippen molar-refractivity contribution >= 4 is 11.4 Å². The third-order valence-electron chi connectivity index (χ3n) is 4.95. The number of fused-ring (bicyclic) bond motifs is 1. The monoisotopic (exact) mass is 323 g/mol. The molecule has 0 aliphatic carbocycles. The summed E-state index contributed by atoms with van der Waals surface area (Å²) in [4.78, 5) is 19.4. The average Bonchev–Trinajstić information content (AvgIpc) is 3.23. The highest BCUT2D eigenvalue weighted by Crippen LogP contribution is 2.32. The lowest BCUT2D eigenvalue weighted by molar-refractivity contribution is 0.0657. The molecular formula is C19H21N3O2. The highest BCUT2D eigenvalue weighted by atomic mass is 16.3. The number of imidazole rings is 1. The van der Waals surface area contributed by atoms with Crippen LogP contribution in [0.5, 0.6) is 0 Å². The number of rotatable bonds is 2. The molecule has 0 unspecified atom stereocenters. The molecule has 1 aliphatic heterocycles. The minimum absolute atomic E-state index is 0.0212. The van der Waals surface area contributed by atoms with E-state index in [0.717, 1.165) is 54.8 Å². The summed E-state index contributed by atoms with van der Waals surface area (Å²) in [6, 6.07) is 7.76. The van der Waals surface area contributed by atoms with Crippen LogP contribution in [-0.2, 0) is 0 Å². The number of pyridine rings is 1. The van der Waals surface area contributed by atoms with Crippen LogP contribution in [0.3, 0.4) is 0 Å². The van der Waals surface area contributed by atoms with Gasteiger partial charge in [0.2, 0.25) is 0 Å². The fourth-order valence-electron chi connectivity index (χ4n) is 3.64. The normalized spacial score (nSPS) is 18.7. The molecule has 0 spiro atoms. The Labute approximate surface area is 140 Å². The lowest BCUT2D eigenvalue weighted by Gasteiger charge is -2.29. The third-order valence-corrected chi connectivity index (χ3v) is 4.95. The summed E-state index contributed by atoms with van der Waals surface area (Å²) in [5, 5.41) is 0. The van der Waals surface area contributed by atoms with E-state index >= 15 is 0 Å². The molecule has 0 radical (unpaired) electrons. The SMILES string of the molecule is Cc1c(C(=O)N2CCCCC[C@@H]2c2ccco2)ccc2cncn12. The molecule has 1 fully saturated rings. The van der Waals surface area contributed by atoms with Gasteiger partial charge in [-0.2, -0.15) is 0 Å². The molecule has 5 nitrogen and oxygen atoms in total. The first kappa shape index (κ1) is 15.0. The zero-order valence-electron chi connectivity index (χ0n) is 13.8. The van der Waals surface area contributed by atoms with E-state index in [4.69, 9.17) is 4.42 Å². The van der Waals surface area contributed by atoms with E-state index in [1.54, 1.807) is 18.8 Å². The van der Waals surface area contributed by atoms with Crippen LogP contribution in [0, 0.1) is 6.92 Å². The fraction of sp³-hybridized carbons (Fsp3) is 0.368. The van der Waals surface area contributed by atoms with Crippen LogP contribution >= 0.6 is 0 Å². The minimum Gasteiger partial charge on any atom is -0.467 e. The average molecular weight is 323 g/mol. The molecule has 124 valence electrons. The predicted molar refractivity (Wildman–Crippen MR) is 90.9 cm³/mol. The molecular weight excluding hydrogens is 302 g/mol. The van der Waals surface area contributed by atoms with Crippen LogP contribution in [0.2, 0.25) is 0 Å². The molecule has 24 heavy (non-hydrogen) atoms. The van der Waals surface area contributed by atoms with Crippen LogP contribution in [-0.4, -0.2) is 26.7 Å². The summed E-state index contributed by atoms with van der Waals surface area (Å²) in [7, 11) is 0. The van der Waals surface area contributed by atoms with E-state index in [-0.39, 0.29) is 11.9 Å². The molecule has 5 heteroatoms. The van der Waals surface area contributed by atoms with Gasteiger partial charge in [0.15, 0.2) is 0 Å². The summed E-state index contributed by atoms with van der Waals surface area (Å²) in [5.74, 6) is 0.956. The minimum atomic E-state index is 0.0212. The molecule has 1 saturated heterocycles. The third kappa shape index (κ3) is 2.50. The van der Waals surface area contributed by atoms with Crippen molar-refractivity contribution in [3.63, 3.8) is 0 Å². The molecule has 4 heterocycles. The zero-order chi connectivity index (χ0) is 16.5. The molecule has 3 aromatic rings. The molecule has 1 amide bonds. The summed E-state index contributed by atoms with van der Waals surface area (Å²) in [6.07, 6.45) is 9.51. The largest absolute Gasteiger partial charge is 0.467 e. The highest BCUT2D eigenvalue weighted by Gasteiger charge is 2.30. The van der Waals surface area contributed by atoms with Crippen molar-refractivity contribution in [1.82, 2.24) is 14.3 Å². The first-order valence-electron chi connectivity index (χ1n) is 8.52. The molecule has 1 aliphatic rings. The van der Waals surface area contributed by atoms with Gasteiger partial charge in [-0.15, -0.1) is 0 Å². The predicted octanol–water partition coefficient (Wildman–Crippen LogP) is 3.99. The number of aryl methyl sites for hydroxylation is 1. The Balaban J connectivity index is 1.73. The summed E-state index contributed by atoms with van der Waals surface area (Å²) < 4.78 is 7.59. The van der Waals surface area contributed by atoms with E-state index in [9.17, 15) is 4.79 Å². The number of carbonyl (C=O) groups is 1. The Morgan fingerprint density at radius 2 is 2.17 bits per heavy atom. The smallest absolute Gasteiger partial charge is 0.256 e. The molecule has 0 aromatic carbocycles. The maximum absolute atomic E-state index is 13.3. The van der Waals surface area contributed by atoms with Gasteiger partial charge in [0.05, 0.1) is 35.9 Å². The standard InChI is InChI=1S/C19H21N3O2/c1-14-16(9-8-15-12-20-13-22(14)15)19(23)21-10-4-2-3-6-17(21)18-7-5-11-24-18/h5,7-9,11-13,17H,2-4,6,10H2,1H3/t17-/m1/s1. The van der Waals surface area contributed by atoms with E-state index in [2.05, 4.69) is 4.98 Å². The molecule has 0 saturated carbocycles. The summed E-state index contributed by atoms with van der Waals surface area (Å²) in [5.41, 5.74) is 2.67. The Hall–Kier alpha value is -2.56. The lowest BCUT2D eigenvalue weighted by atomic mass is 10.1. The first-order chi connectivity index (χ1) is 11.8. The highest BCUT2D eigenvalue weighted by molar-refractivity contribution is 5.96. The first-order valence-corrected chi connectivity index (χ1v) is 8.52. The number of amides is 1. The summed E-state index contributed by atoms with van der Waals surface area (Å²) >= 11 is 0. The second-order valence-electron chi connectivity index (χ2n) is 6.40. The number of nitrogens with zero attached hydrogens (tertiary/aromatic N) is 3. The number of aromatic nitrogens is 2. The summed E-state index contributed by atoms with van der Waals surface area (Å²) in [6.45, 7) is 2.74. The number of furan rings is 1. The molecule has 0 bridgehead atoms. The Morgan fingerprint density at radius 1 is 1.25 bits per heavy atom. The second-order valence-corrected chi connectivity index (χ2v) is 6.40. The van der Waals surface area contributed by atoms with Gasteiger partial charge in [0, 0.05) is 12.2 Å². The van der Waals surface area contributed by atoms with Gasteiger partial charge in [-0.1, -0.05) is 12.8 Å². The van der Waals surface area contributed by atoms with E-state index in [1.165, 1.54) is 0 Å². The van der Waals surface area contributed by atoms with Crippen LogP contribution in [0.1, 0.15) is 53.5 Å². The van der Waals surface area contributed by atoms with Crippen LogP contribution in [0.25, 0.3) is 5.52 Å². The molecule has 4 rings (SSSR count). The topological polar surface area (TPSA) is 50.8 Å². The van der Waals surface area contributed by atoms with E-state index < -0.39 is 0 Å². The van der Waals surface area contributed by atoms with Crippen molar-refractivity contribution < 1.29 is 9.21 Å². The van der Waals surface area contributed by atoms with E-state index in [1.807, 2.05) is 40.5 Å². The number of carbonyl (C=O) groups excluding carboxylic acids is 1. The van der Waals surface area contributed by atoms with Gasteiger partial charge in [0.1, 0.15) is 5.76 Å². The van der Waals surface area contributed by atoms with Crippen LogP contribution < -0.4 is 0 Å².